The minimum Gasteiger partial charge on any atom is -0.435 e. The van der Waals surface area contributed by atoms with Gasteiger partial charge in [-0.25, -0.2) is 9.37 Å². The van der Waals surface area contributed by atoms with Crippen molar-refractivity contribution in [3.8, 4) is 11.6 Å². The highest BCUT2D eigenvalue weighted by atomic mass is 19.1. The first kappa shape index (κ1) is 8.23. The van der Waals surface area contributed by atoms with Crippen molar-refractivity contribution in [3.05, 3.63) is 42.3 Å². The first-order valence-corrected chi connectivity index (χ1v) is 4.53. The van der Waals surface area contributed by atoms with Gasteiger partial charge in [-0.2, -0.15) is 0 Å². The molecule has 0 radical (unpaired) electrons. The molecule has 2 heterocycles. The van der Waals surface area contributed by atoms with E-state index in [9.17, 15) is 4.39 Å². The number of benzene rings is 1. The van der Waals surface area contributed by atoms with Crippen LogP contribution in [0.25, 0.3) is 22.7 Å². The highest BCUT2D eigenvalue weighted by Gasteiger charge is 2.08. The van der Waals surface area contributed by atoms with Gasteiger partial charge in [-0.15, -0.1) is 0 Å². The molecule has 0 aliphatic rings. The zero-order valence-corrected chi connectivity index (χ0v) is 7.70. The van der Waals surface area contributed by atoms with Crippen LogP contribution in [-0.4, -0.2) is 9.97 Å². The third-order valence-electron chi connectivity index (χ3n) is 2.18. The van der Waals surface area contributed by atoms with E-state index in [1.807, 2.05) is 12.1 Å². The Labute approximate surface area is 84.6 Å². The number of aromatic nitrogens is 2. The van der Waals surface area contributed by atoms with Crippen molar-refractivity contribution in [1.29, 1.82) is 0 Å². The normalized spacial score (nSPS) is 11.0. The number of oxazole rings is 1. The molecule has 3 nitrogen and oxygen atoms in total. The number of hydrogen-bond donors (Lipinski definition) is 1. The Balaban J connectivity index is 2.22. The summed E-state index contributed by atoms with van der Waals surface area (Å²) < 4.78 is 18.4. The van der Waals surface area contributed by atoms with Crippen LogP contribution in [0.5, 0.6) is 0 Å². The van der Waals surface area contributed by atoms with E-state index in [-0.39, 0.29) is 5.82 Å². The Morgan fingerprint density at radius 3 is 3.00 bits per heavy atom. The fourth-order valence-corrected chi connectivity index (χ4v) is 1.48. The second-order valence-electron chi connectivity index (χ2n) is 3.21. The standard InChI is InChI=1S/C11H7FN2O/c12-7-3-4-10-9(6-7)14-11(15-10)8-2-1-5-13-8/h1-6,13H. The van der Waals surface area contributed by atoms with Gasteiger partial charge in [-0.05, 0) is 24.3 Å². The molecule has 0 amide bonds. The summed E-state index contributed by atoms with van der Waals surface area (Å²) in [4.78, 5) is 7.16. The van der Waals surface area contributed by atoms with E-state index < -0.39 is 0 Å². The number of nitrogens with zero attached hydrogens (tertiary/aromatic N) is 1. The van der Waals surface area contributed by atoms with Gasteiger partial charge in [-0.1, -0.05) is 0 Å². The molecule has 0 aliphatic carbocycles. The molecule has 0 atom stereocenters. The predicted octanol–water partition coefficient (Wildman–Crippen LogP) is 2.96. The lowest BCUT2D eigenvalue weighted by atomic mass is 10.3. The first-order valence-electron chi connectivity index (χ1n) is 4.53. The predicted molar refractivity (Wildman–Crippen MR) is 53.8 cm³/mol. The molecule has 0 unspecified atom stereocenters. The zero-order valence-electron chi connectivity index (χ0n) is 7.70. The minimum absolute atomic E-state index is 0.311. The van der Waals surface area contributed by atoms with Crippen molar-refractivity contribution < 1.29 is 8.81 Å². The molecule has 0 aliphatic heterocycles. The molecule has 0 saturated heterocycles. The fourth-order valence-electron chi connectivity index (χ4n) is 1.48. The number of halogens is 1. The average Bonchev–Trinajstić information content (AvgIpc) is 2.84. The maximum absolute atomic E-state index is 12.9. The van der Waals surface area contributed by atoms with E-state index in [1.54, 1.807) is 12.3 Å². The van der Waals surface area contributed by atoms with Crippen LogP contribution < -0.4 is 0 Å². The van der Waals surface area contributed by atoms with Gasteiger partial charge < -0.3 is 9.40 Å². The number of nitrogens with one attached hydrogen (secondary N) is 1. The summed E-state index contributed by atoms with van der Waals surface area (Å²) in [5, 5.41) is 0. The van der Waals surface area contributed by atoms with Crippen molar-refractivity contribution in [2.45, 2.75) is 0 Å². The minimum atomic E-state index is -0.311. The van der Waals surface area contributed by atoms with Crippen LogP contribution in [0.2, 0.25) is 0 Å². The number of rotatable bonds is 1. The SMILES string of the molecule is Fc1ccc2oc(-c3ccc[nH]3)nc2c1. The molecule has 4 heteroatoms. The number of H-pyrrole nitrogens is 1. The number of fused-ring (bicyclic) bond motifs is 1. The lowest BCUT2D eigenvalue weighted by Gasteiger charge is -1.86. The summed E-state index contributed by atoms with van der Waals surface area (Å²) in [5.41, 5.74) is 1.90. The van der Waals surface area contributed by atoms with E-state index in [4.69, 9.17) is 4.42 Å². The Morgan fingerprint density at radius 2 is 2.20 bits per heavy atom. The lowest BCUT2D eigenvalue weighted by molar-refractivity contribution is 0.612. The van der Waals surface area contributed by atoms with Gasteiger partial charge in [0.25, 0.3) is 0 Å². The molecule has 2 aromatic heterocycles. The van der Waals surface area contributed by atoms with Crippen molar-refractivity contribution in [2.75, 3.05) is 0 Å². The van der Waals surface area contributed by atoms with Crippen molar-refractivity contribution in [3.63, 3.8) is 0 Å². The molecule has 3 aromatic rings. The maximum atomic E-state index is 12.9. The molecule has 74 valence electrons. The molecule has 0 fully saturated rings. The largest absolute Gasteiger partial charge is 0.435 e. The van der Waals surface area contributed by atoms with E-state index in [2.05, 4.69) is 9.97 Å². The Kier molecular flexibility index (Phi) is 1.62. The highest BCUT2D eigenvalue weighted by Crippen LogP contribution is 2.23. The summed E-state index contributed by atoms with van der Waals surface area (Å²) in [7, 11) is 0. The summed E-state index contributed by atoms with van der Waals surface area (Å²) in [6.07, 6.45) is 1.78. The van der Waals surface area contributed by atoms with Crippen LogP contribution in [0.15, 0.2) is 40.9 Å². The van der Waals surface area contributed by atoms with Gasteiger partial charge in [0.05, 0.1) is 0 Å². The third-order valence-corrected chi connectivity index (χ3v) is 2.18. The van der Waals surface area contributed by atoms with Crippen LogP contribution in [0.4, 0.5) is 4.39 Å². The van der Waals surface area contributed by atoms with Gasteiger partial charge >= 0.3 is 0 Å². The molecule has 0 bridgehead atoms. The highest BCUT2D eigenvalue weighted by molar-refractivity contribution is 5.75. The number of hydrogen-bond acceptors (Lipinski definition) is 2. The van der Waals surface area contributed by atoms with Crippen molar-refractivity contribution in [1.82, 2.24) is 9.97 Å². The van der Waals surface area contributed by atoms with Crippen LogP contribution >= 0.6 is 0 Å². The zero-order chi connectivity index (χ0) is 10.3. The topological polar surface area (TPSA) is 41.8 Å². The Morgan fingerprint density at radius 1 is 1.27 bits per heavy atom. The lowest BCUT2D eigenvalue weighted by Crippen LogP contribution is -1.75. The molecule has 1 aromatic carbocycles. The van der Waals surface area contributed by atoms with Crippen molar-refractivity contribution in [2.24, 2.45) is 0 Å². The quantitative estimate of drug-likeness (QED) is 0.659. The molecule has 3 rings (SSSR count). The van der Waals surface area contributed by atoms with Crippen LogP contribution in [0.1, 0.15) is 0 Å². The molecule has 0 saturated carbocycles. The monoisotopic (exact) mass is 202 g/mol. The first-order chi connectivity index (χ1) is 7.33. The van der Waals surface area contributed by atoms with E-state index >= 15 is 0 Å². The summed E-state index contributed by atoms with van der Waals surface area (Å²) in [6, 6.07) is 7.98. The second-order valence-corrected chi connectivity index (χ2v) is 3.21. The molecular weight excluding hydrogens is 195 g/mol. The summed E-state index contributed by atoms with van der Waals surface area (Å²) in [5.74, 6) is 0.162. The maximum Gasteiger partial charge on any atom is 0.244 e. The van der Waals surface area contributed by atoms with Crippen LogP contribution in [0, 0.1) is 5.82 Å². The molecular formula is C11H7FN2O. The molecule has 1 N–H and O–H groups in total. The fraction of sp³-hybridized carbons (Fsp3) is 0. The van der Waals surface area contributed by atoms with Gasteiger partial charge in [0.1, 0.15) is 17.0 Å². The van der Waals surface area contributed by atoms with Crippen LogP contribution in [-0.2, 0) is 0 Å². The summed E-state index contributed by atoms with van der Waals surface area (Å²) in [6.45, 7) is 0. The summed E-state index contributed by atoms with van der Waals surface area (Å²) >= 11 is 0. The van der Waals surface area contributed by atoms with E-state index in [0.717, 1.165) is 5.69 Å². The smallest absolute Gasteiger partial charge is 0.244 e. The van der Waals surface area contributed by atoms with Gasteiger partial charge in [0.15, 0.2) is 5.58 Å². The number of aromatic amines is 1. The second kappa shape index (κ2) is 2.95. The van der Waals surface area contributed by atoms with Crippen LogP contribution in [0.3, 0.4) is 0 Å². The van der Waals surface area contributed by atoms with E-state index in [1.165, 1.54) is 12.1 Å². The third kappa shape index (κ3) is 1.30. The average molecular weight is 202 g/mol. The molecule has 15 heavy (non-hydrogen) atoms. The van der Waals surface area contributed by atoms with Gasteiger partial charge in [0, 0.05) is 12.3 Å². The van der Waals surface area contributed by atoms with Gasteiger partial charge in [-0.3, -0.25) is 0 Å². The Bertz CT molecular complexity index is 598. The van der Waals surface area contributed by atoms with Gasteiger partial charge in [0.2, 0.25) is 5.89 Å². The Hall–Kier alpha value is -2.10. The van der Waals surface area contributed by atoms with E-state index in [0.29, 0.717) is 17.0 Å². The molecule has 0 spiro atoms. The van der Waals surface area contributed by atoms with Crippen molar-refractivity contribution >= 4 is 11.1 Å².